The minimum atomic E-state index is -0.590. The number of piperidine rings is 1. The topological polar surface area (TPSA) is 99.8 Å². The van der Waals surface area contributed by atoms with E-state index >= 15 is 0 Å². The van der Waals surface area contributed by atoms with E-state index in [1.54, 1.807) is 4.90 Å². The highest BCUT2D eigenvalue weighted by molar-refractivity contribution is 6.05. The summed E-state index contributed by atoms with van der Waals surface area (Å²) in [4.78, 5) is 38.1. The molecular formula is C23H24N4O4. The predicted molar refractivity (Wildman–Crippen MR) is 113 cm³/mol. The first-order chi connectivity index (χ1) is 15.1. The Morgan fingerprint density at radius 2 is 1.97 bits per heavy atom. The smallest absolute Gasteiger partial charge is 0.255 e. The first-order valence-electron chi connectivity index (χ1n) is 10.6. The normalized spacial score (nSPS) is 20.5. The Morgan fingerprint density at radius 3 is 2.84 bits per heavy atom. The zero-order chi connectivity index (χ0) is 21.4. The average molecular weight is 420 g/mol. The van der Waals surface area contributed by atoms with E-state index in [1.165, 1.54) is 0 Å². The Morgan fingerprint density at radius 1 is 1.10 bits per heavy atom. The molecule has 1 saturated heterocycles. The number of amides is 3. The van der Waals surface area contributed by atoms with Crippen molar-refractivity contribution in [1.29, 1.82) is 0 Å². The number of nitrogens with zero attached hydrogens (tertiary/aromatic N) is 1. The molecule has 0 bridgehead atoms. The van der Waals surface area contributed by atoms with Gasteiger partial charge in [0.05, 0.1) is 0 Å². The molecule has 8 nitrogen and oxygen atoms in total. The van der Waals surface area contributed by atoms with E-state index in [-0.39, 0.29) is 24.1 Å². The lowest BCUT2D eigenvalue weighted by Gasteiger charge is -2.29. The van der Waals surface area contributed by atoms with Crippen LogP contribution in [0, 0.1) is 0 Å². The summed E-state index contributed by atoms with van der Waals surface area (Å²) < 4.78 is 5.79. The molecule has 3 aliphatic heterocycles. The minimum Gasteiger partial charge on any atom is -0.492 e. The van der Waals surface area contributed by atoms with Gasteiger partial charge in [0.1, 0.15) is 18.4 Å². The van der Waals surface area contributed by atoms with Gasteiger partial charge in [-0.2, -0.15) is 0 Å². The number of hydrogen-bond donors (Lipinski definition) is 3. The lowest BCUT2D eigenvalue weighted by atomic mass is 10.0. The second-order valence-corrected chi connectivity index (χ2v) is 8.09. The van der Waals surface area contributed by atoms with Gasteiger partial charge in [0.25, 0.3) is 5.91 Å². The van der Waals surface area contributed by atoms with Crippen molar-refractivity contribution in [3.63, 3.8) is 0 Å². The van der Waals surface area contributed by atoms with Crippen LogP contribution in [0.5, 0.6) is 5.75 Å². The van der Waals surface area contributed by atoms with Crippen molar-refractivity contribution in [2.24, 2.45) is 0 Å². The summed E-state index contributed by atoms with van der Waals surface area (Å²) in [5.41, 5.74) is 4.61. The molecule has 31 heavy (non-hydrogen) atoms. The fourth-order valence-corrected chi connectivity index (χ4v) is 4.32. The highest BCUT2D eigenvalue weighted by Crippen LogP contribution is 2.29. The molecule has 160 valence electrons. The van der Waals surface area contributed by atoms with Gasteiger partial charge in [-0.25, -0.2) is 0 Å². The van der Waals surface area contributed by atoms with E-state index in [9.17, 15) is 14.4 Å². The van der Waals surface area contributed by atoms with Crippen LogP contribution in [-0.2, 0) is 29.2 Å². The van der Waals surface area contributed by atoms with E-state index in [0.29, 0.717) is 31.7 Å². The summed E-state index contributed by atoms with van der Waals surface area (Å²) in [5, 5.41) is 9.05. The van der Waals surface area contributed by atoms with Crippen molar-refractivity contribution in [2.45, 2.75) is 38.5 Å². The maximum Gasteiger partial charge on any atom is 0.255 e. The Balaban J connectivity index is 1.27. The summed E-state index contributed by atoms with van der Waals surface area (Å²) in [7, 11) is 0. The van der Waals surface area contributed by atoms with Crippen LogP contribution in [0.1, 0.15) is 39.9 Å². The van der Waals surface area contributed by atoms with Gasteiger partial charge in [-0.15, -0.1) is 0 Å². The molecule has 2 aromatic rings. The standard InChI is InChI=1S/C23H24N4O4/c28-21-6-5-19(22(29)26-21)27-13-16-2-1-14(9-18(16)23(27)30)11-25-17-4-3-15-12-24-7-8-31-20(15)10-17/h1-4,9-10,19,24-25H,5-8,11-13H2,(H,26,28,29). The van der Waals surface area contributed by atoms with Crippen LogP contribution < -0.4 is 20.7 Å². The third-order valence-electron chi connectivity index (χ3n) is 6.01. The number of anilines is 1. The van der Waals surface area contributed by atoms with Gasteiger partial charge >= 0.3 is 0 Å². The third-order valence-corrected chi connectivity index (χ3v) is 6.01. The van der Waals surface area contributed by atoms with Crippen molar-refractivity contribution in [3.8, 4) is 5.75 Å². The number of rotatable bonds is 4. The molecule has 3 aliphatic rings. The Bertz CT molecular complexity index is 1070. The molecule has 8 heteroatoms. The van der Waals surface area contributed by atoms with Gasteiger partial charge in [0.2, 0.25) is 11.8 Å². The Labute approximate surface area is 179 Å². The lowest BCUT2D eigenvalue weighted by molar-refractivity contribution is -0.136. The number of benzene rings is 2. The van der Waals surface area contributed by atoms with Gasteiger partial charge in [-0.05, 0) is 29.7 Å². The molecule has 0 spiro atoms. The van der Waals surface area contributed by atoms with Crippen LogP contribution in [-0.4, -0.2) is 41.8 Å². The molecule has 3 amide bonds. The van der Waals surface area contributed by atoms with Crippen LogP contribution in [0.4, 0.5) is 5.69 Å². The number of carbonyl (C=O) groups excluding carboxylic acids is 3. The number of nitrogens with one attached hydrogen (secondary N) is 3. The average Bonchev–Trinajstić information content (AvgIpc) is 2.93. The summed E-state index contributed by atoms with van der Waals surface area (Å²) in [6.07, 6.45) is 0.626. The fraction of sp³-hybridized carbons (Fsp3) is 0.348. The molecular weight excluding hydrogens is 396 g/mol. The maximum absolute atomic E-state index is 13.0. The van der Waals surface area contributed by atoms with Gasteiger partial charge in [0, 0.05) is 55.5 Å². The molecule has 3 N–H and O–H groups in total. The number of carbonyl (C=O) groups is 3. The maximum atomic E-state index is 13.0. The summed E-state index contributed by atoms with van der Waals surface area (Å²) in [5.74, 6) is 0.0643. The molecule has 0 aliphatic carbocycles. The van der Waals surface area contributed by atoms with Gasteiger partial charge in [-0.1, -0.05) is 18.2 Å². The zero-order valence-corrected chi connectivity index (χ0v) is 17.1. The monoisotopic (exact) mass is 420 g/mol. The minimum absolute atomic E-state index is 0.155. The van der Waals surface area contributed by atoms with E-state index in [4.69, 9.17) is 4.74 Å². The fourth-order valence-electron chi connectivity index (χ4n) is 4.32. The van der Waals surface area contributed by atoms with E-state index in [1.807, 2.05) is 30.3 Å². The number of ether oxygens (including phenoxy) is 1. The molecule has 0 radical (unpaired) electrons. The molecule has 2 aromatic carbocycles. The summed E-state index contributed by atoms with van der Waals surface area (Å²) in [6.45, 7) is 3.23. The molecule has 0 saturated carbocycles. The highest BCUT2D eigenvalue weighted by atomic mass is 16.5. The molecule has 5 rings (SSSR count). The van der Waals surface area contributed by atoms with Gasteiger partial charge < -0.3 is 20.3 Å². The first-order valence-corrected chi connectivity index (χ1v) is 10.6. The molecule has 0 aromatic heterocycles. The van der Waals surface area contributed by atoms with Crippen LogP contribution in [0.25, 0.3) is 0 Å². The van der Waals surface area contributed by atoms with Crippen molar-refractivity contribution >= 4 is 23.4 Å². The number of fused-ring (bicyclic) bond motifs is 2. The van der Waals surface area contributed by atoms with Crippen LogP contribution in [0.15, 0.2) is 36.4 Å². The van der Waals surface area contributed by atoms with E-state index in [0.717, 1.165) is 41.2 Å². The van der Waals surface area contributed by atoms with E-state index < -0.39 is 6.04 Å². The summed E-state index contributed by atoms with van der Waals surface area (Å²) >= 11 is 0. The Kier molecular flexibility index (Phi) is 5.07. The Hall–Kier alpha value is -3.39. The van der Waals surface area contributed by atoms with Crippen LogP contribution >= 0.6 is 0 Å². The second-order valence-electron chi connectivity index (χ2n) is 8.09. The second kappa shape index (κ2) is 8.03. The van der Waals surface area contributed by atoms with Crippen molar-refractivity contribution in [1.82, 2.24) is 15.5 Å². The van der Waals surface area contributed by atoms with Crippen LogP contribution in [0.3, 0.4) is 0 Å². The van der Waals surface area contributed by atoms with Crippen molar-refractivity contribution < 1.29 is 19.1 Å². The van der Waals surface area contributed by atoms with Crippen LogP contribution in [0.2, 0.25) is 0 Å². The molecule has 3 heterocycles. The molecule has 1 unspecified atom stereocenters. The highest BCUT2D eigenvalue weighted by Gasteiger charge is 2.39. The van der Waals surface area contributed by atoms with Crippen molar-refractivity contribution in [2.75, 3.05) is 18.5 Å². The first kappa shape index (κ1) is 19.6. The van der Waals surface area contributed by atoms with Crippen molar-refractivity contribution in [3.05, 3.63) is 58.7 Å². The van der Waals surface area contributed by atoms with Gasteiger partial charge in [-0.3, -0.25) is 19.7 Å². The quantitative estimate of drug-likeness (QED) is 0.649. The number of imide groups is 1. The molecule has 1 atom stereocenters. The summed E-state index contributed by atoms with van der Waals surface area (Å²) in [6, 6.07) is 11.3. The van der Waals surface area contributed by atoms with Gasteiger partial charge in [0.15, 0.2) is 0 Å². The zero-order valence-electron chi connectivity index (χ0n) is 17.1. The number of hydrogen-bond acceptors (Lipinski definition) is 6. The largest absolute Gasteiger partial charge is 0.492 e. The molecule has 1 fully saturated rings. The third kappa shape index (κ3) is 3.86. The lowest BCUT2D eigenvalue weighted by Crippen LogP contribution is -2.52. The SMILES string of the molecule is O=C1CCC(N2Cc3ccc(CNc4ccc5c(c4)OCCNC5)cc3C2=O)C(=O)N1. The predicted octanol–water partition coefficient (Wildman–Crippen LogP) is 1.54. The van der Waals surface area contributed by atoms with E-state index in [2.05, 4.69) is 22.0 Å².